The Kier molecular flexibility index (Phi) is 10.6. The molecule has 0 spiro atoms. The van der Waals surface area contributed by atoms with Crippen molar-refractivity contribution in [2.45, 2.75) is 38.1 Å². The molecule has 3 amide bonds. The first-order valence-corrected chi connectivity index (χ1v) is 15.6. The fourth-order valence-electron chi connectivity index (χ4n) is 5.29. The van der Waals surface area contributed by atoms with Crippen LogP contribution in [0, 0.1) is 11.8 Å². The van der Waals surface area contributed by atoms with Crippen LogP contribution in [0.1, 0.15) is 40.9 Å². The Labute approximate surface area is 269 Å². The van der Waals surface area contributed by atoms with E-state index in [0.29, 0.717) is 58.9 Å². The summed E-state index contributed by atoms with van der Waals surface area (Å²) >= 11 is 1.00. The minimum absolute atomic E-state index is 0.0704. The van der Waals surface area contributed by atoms with Gasteiger partial charge in [0.15, 0.2) is 0 Å². The van der Waals surface area contributed by atoms with Gasteiger partial charge in [-0.2, -0.15) is 0 Å². The van der Waals surface area contributed by atoms with E-state index in [4.69, 9.17) is 4.74 Å². The number of rotatable bonds is 12. The summed E-state index contributed by atoms with van der Waals surface area (Å²) in [5.41, 5.74) is 8.82. The minimum Gasteiger partial charge on any atom is -0.497 e. The molecule has 5 rings (SSSR count). The van der Waals surface area contributed by atoms with E-state index in [1.807, 2.05) is 30.3 Å². The van der Waals surface area contributed by atoms with Crippen LogP contribution in [0.3, 0.4) is 0 Å². The van der Waals surface area contributed by atoms with Gasteiger partial charge in [-0.3, -0.25) is 25.2 Å². The fourth-order valence-corrected chi connectivity index (χ4v) is 5.87. The van der Waals surface area contributed by atoms with Crippen LogP contribution in [0.25, 0.3) is 11.3 Å². The molecule has 1 heterocycles. The summed E-state index contributed by atoms with van der Waals surface area (Å²) in [6.07, 6.45) is 2.07. The van der Waals surface area contributed by atoms with E-state index in [1.54, 1.807) is 55.6 Å². The van der Waals surface area contributed by atoms with E-state index in [2.05, 4.69) is 31.1 Å². The maximum absolute atomic E-state index is 13.0. The summed E-state index contributed by atoms with van der Waals surface area (Å²) in [6.45, 7) is 0. The van der Waals surface area contributed by atoms with E-state index in [0.717, 1.165) is 17.1 Å². The zero-order valence-corrected chi connectivity index (χ0v) is 25.9. The quantitative estimate of drug-likeness (QED) is 0.139. The molecule has 1 fully saturated rings. The van der Waals surface area contributed by atoms with Crippen molar-refractivity contribution < 1.29 is 29.0 Å². The molecule has 238 valence electrons. The first-order valence-electron chi connectivity index (χ1n) is 14.8. The second-order valence-corrected chi connectivity index (χ2v) is 11.7. The standard InChI is InChI=1S/C33H34N6O6S/c1-45-26-17-15-25(16-18-26)36-38-31(41)23-11-9-22(10-12-23)30(40)35-27(33(43)44)19-20-7-13-24(14-8-20)34-32(42)29-28(37-39-46-29)21-5-3-2-4-6-21/h2-8,13-18,22-23,27,36H,9-12,19H2,1H3,(H,34,42)(H,35,40)(H,38,41)(H,43,44)/t22-,23-,27-/m0/s1. The van der Waals surface area contributed by atoms with Crippen molar-refractivity contribution in [2.24, 2.45) is 11.8 Å². The van der Waals surface area contributed by atoms with Crippen LogP contribution in [-0.4, -0.2) is 51.5 Å². The lowest BCUT2D eigenvalue weighted by Gasteiger charge is -2.28. The number of carbonyl (C=O) groups is 4. The number of ether oxygens (including phenoxy) is 1. The van der Waals surface area contributed by atoms with Crippen molar-refractivity contribution in [1.29, 1.82) is 0 Å². The molecule has 12 nitrogen and oxygen atoms in total. The van der Waals surface area contributed by atoms with Crippen molar-refractivity contribution in [1.82, 2.24) is 20.3 Å². The molecule has 1 aliphatic rings. The molecule has 0 bridgehead atoms. The fraction of sp³-hybridized carbons (Fsp3) is 0.273. The Morgan fingerprint density at radius 2 is 1.50 bits per heavy atom. The molecule has 1 aromatic heterocycles. The zero-order chi connectivity index (χ0) is 32.5. The lowest BCUT2D eigenvalue weighted by molar-refractivity contribution is -0.142. The molecule has 3 aromatic carbocycles. The number of carbonyl (C=O) groups excluding carboxylic acids is 3. The van der Waals surface area contributed by atoms with Gasteiger partial charge < -0.3 is 20.5 Å². The van der Waals surface area contributed by atoms with E-state index < -0.39 is 12.0 Å². The Morgan fingerprint density at radius 1 is 0.870 bits per heavy atom. The number of benzene rings is 3. The first-order chi connectivity index (χ1) is 22.3. The van der Waals surface area contributed by atoms with E-state index in [-0.39, 0.29) is 36.0 Å². The molecule has 0 aliphatic heterocycles. The van der Waals surface area contributed by atoms with Gasteiger partial charge in [0.2, 0.25) is 11.8 Å². The molecule has 0 saturated heterocycles. The van der Waals surface area contributed by atoms with Gasteiger partial charge in [0, 0.05) is 29.5 Å². The SMILES string of the molecule is COc1ccc(NNC(=O)[C@H]2CC[C@H](C(=O)N[C@@H](Cc3ccc(NC(=O)c4snnc4-c4ccccc4)cc3)C(=O)O)CC2)cc1. The molecule has 1 aliphatic carbocycles. The second kappa shape index (κ2) is 15.1. The van der Waals surface area contributed by atoms with Gasteiger partial charge in [-0.25, -0.2) is 4.79 Å². The molecule has 4 aromatic rings. The number of nitrogens with one attached hydrogen (secondary N) is 4. The minimum atomic E-state index is -1.14. The number of hydrazine groups is 1. The van der Waals surface area contributed by atoms with Crippen LogP contribution in [0.2, 0.25) is 0 Å². The topological polar surface area (TPSA) is 172 Å². The highest BCUT2D eigenvalue weighted by molar-refractivity contribution is 7.08. The maximum Gasteiger partial charge on any atom is 0.326 e. The van der Waals surface area contributed by atoms with Crippen LogP contribution in [0.4, 0.5) is 11.4 Å². The molecule has 1 saturated carbocycles. The normalized spacial score (nSPS) is 16.5. The number of methoxy groups -OCH3 is 1. The van der Waals surface area contributed by atoms with Crippen LogP contribution in [0.5, 0.6) is 5.75 Å². The number of hydrogen-bond acceptors (Lipinski definition) is 9. The van der Waals surface area contributed by atoms with Crippen LogP contribution < -0.4 is 26.2 Å². The van der Waals surface area contributed by atoms with Gasteiger partial charge >= 0.3 is 5.97 Å². The summed E-state index contributed by atoms with van der Waals surface area (Å²) in [5, 5.41) is 19.4. The molecular weight excluding hydrogens is 608 g/mol. The smallest absolute Gasteiger partial charge is 0.326 e. The highest BCUT2D eigenvalue weighted by atomic mass is 32.1. The third-order valence-corrected chi connectivity index (χ3v) is 8.62. The molecule has 0 unspecified atom stereocenters. The predicted octanol–water partition coefficient (Wildman–Crippen LogP) is 4.53. The monoisotopic (exact) mass is 642 g/mol. The third-order valence-electron chi connectivity index (χ3n) is 7.90. The number of hydrogen-bond donors (Lipinski definition) is 5. The summed E-state index contributed by atoms with van der Waals surface area (Å²) < 4.78 is 9.06. The van der Waals surface area contributed by atoms with Crippen molar-refractivity contribution in [3.63, 3.8) is 0 Å². The van der Waals surface area contributed by atoms with Gasteiger partial charge in [-0.1, -0.05) is 47.0 Å². The Hall–Kier alpha value is -5.30. The summed E-state index contributed by atoms with van der Waals surface area (Å²) in [4.78, 5) is 51.0. The van der Waals surface area contributed by atoms with Crippen LogP contribution in [-0.2, 0) is 20.8 Å². The molecule has 1 atom stereocenters. The van der Waals surface area contributed by atoms with Crippen molar-refractivity contribution >= 4 is 46.6 Å². The number of carboxylic acid groups (broad SMARTS) is 1. The Balaban J connectivity index is 1.09. The van der Waals surface area contributed by atoms with Crippen molar-refractivity contribution in [3.8, 4) is 17.0 Å². The van der Waals surface area contributed by atoms with Gasteiger partial charge in [0.1, 0.15) is 22.4 Å². The van der Waals surface area contributed by atoms with Crippen LogP contribution >= 0.6 is 11.5 Å². The number of nitrogens with zero attached hydrogens (tertiary/aromatic N) is 2. The van der Waals surface area contributed by atoms with Gasteiger partial charge in [0.25, 0.3) is 5.91 Å². The lowest BCUT2D eigenvalue weighted by Crippen LogP contribution is -2.46. The van der Waals surface area contributed by atoms with Gasteiger partial charge in [0.05, 0.1) is 12.8 Å². The lowest BCUT2D eigenvalue weighted by atomic mass is 9.81. The Morgan fingerprint density at radius 3 is 2.13 bits per heavy atom. The second-order valence-electron chi connectivity index (χ2n) is 11.0. The van der Waals surface area contributed by atoms with E-state index >= 15 is 0 Å². The summed E-state index contributed by atoms with van der Waals surface area (Å²) in [6, 6.07) is 22.1. The number of aliphatic carboxylic acids is 1. The molecule has 0 radical (unpaired) electrons. The molecular formula is C33H34N6O6S. The number of anilines is 2. The largest absolute Gasteiger partial charge is 0.497 e. The van der Waals surface area contributed by atoms with Gasteiger partial charge in [-0.15, -0.1) is 5.10 Å². The average Bonchev–Trinajstić information content (AvgIpc) is 3.59. The first kappa shape index (κ1) is 32.1. The molecule has 13 heteroatoms. The zero-order valence-electron chi connectivity index (χ0n) is 25.1. The number of aromatic nitrogens is 2. The number of carboxylic acids is 1. The highest BCUT2D eigenvalue weighted by Gasteiger charge is 2.32. The average molecular weight is 643 g/mol. The van der Waals surface area contributed by atoms with Crippen molar-refractivity contribution in [2.75, 3.05) is 17.9 Å². The van der Waals surface area contributed by atoms with Gasteiger partial charge in [-0.05, 0) is 79.2 Å². The molecule has 46 heavy (non-hydrogen) atoms. The summed E-state index contributed by atoms with van der Waals surface area (Å²) in [7, 11) is 1.58. The maximum atomic E-state index is 13.0. The third kappa shape index (κ3) is 8.24. The predicted molar refractivity (Wildman–Crippen MR) is 173 cm³/mol. The van der Waals surface area contributed by atoms with E-state index in [1.165, 1.54) is 0 Å². The highest BCUT2D eigenvalue weighted by Crippen LogP contribution is 2.30. The van der Waals surface area contributed by atoms with Crippen molar-refractivity contribution in [3.05, 3.63) is 89.3 Å². The van der Waals surface area contributed by atoms with E-state index in [9.17, 15) is 24.3 Å². The summed E-state index contributed by atoms with van der Waals surface area (Å²) in [5.74, 6) is -1.90. The number of amides is 3. The van der Waals surface area contributed by atoms with Crippen LogP contribution in [0.15, 0.2) is 78.9 Å². The molecule has 5 N–H and O–H groups in total. The Bertz CT molecular complexity index is 1650.